The zero-order valence-corrected chi connectivity index (χ0v) is 29.1. The molecule has 10 rings (SSSR count). The predicted octanol–water partition coefficient (Wildman–Crippen LogP) is 14.1. The van der Waals surface area contributed by atoms with Gasteiger partial charge in [0.05, 0.1) is 0 Å². The molecule has 1 aromatic heterocycles. The van der Waals surface area contributed by atoms with Crippen LogP contribution in [0.4, 0.5) is 0 Å². The van der Waals surface area contributed by atoms with E-state index in [1.165, 1.54) is 43.8 Å². The average molecular weight is 679 g/mol. The van der Waals surface area contributed by atoms with E-state index in [4.69, 9.17) is 9.15 Å². The molecule has 0 amide bonds. The number of hydrogen-bond acceptors (Lipinski definition) is 2. The van der Waals surface area contributed by atoms with Crippen molar-refractivity contribution >= 4 is 49.1 Å². The zero-order chi connectivity index (χ0) is 35.3. The van der Waals surface area contributed by atoms with Gasteiger partial charge in [0.2, 0.25) is 0 Å². The fraction of sp³-hybridized carbons (Fsp3) is 0.0196. The van der Waals surface area contributed by atoms with Gasteiger partial charge < -0.3 is 9.15 Å². The number of rotatable bonds is 4. The minimum absolute atomic E-state index is 0.530. The molecule has 0 radical (unpaired) electrons. The molecule has 0 fully saturated rings. The van der Waals surface area contributed by atoms with E-state index in [9.17, 15) is 0 Å². The minimum atomic E-state index is 0.530. The van der Waals surface area contributed by atoms with Crippen molar-refractivity contribution in [1.82, 2.24) is 0 Å². The predicted molar refractivity (Wildman–Crippen MR) is 223 cm³/mol. The second kappa shape index (κ2) is 12.7. The van der Waals surface area contributed by atoms with E-state index < -0.39 is 0 Å². The zero-order valence-electron chi connectivity index (χ0n) is 29.1. The van der Waals surface area contributed by atoms with Gasteiger partial charge in [-0.1, -0.05) is 164 Å². The lowest BCUT2D eigenvalue weighted by molar-refractivity contribution is 0.362. The maximum atomic E-state index is 6.55. The Morgan fingerprint density at radius 3 is 1.77 bits per heavy atom. The summed E-state index contributed by atoms with van der Waals surface area (Å²) >= 11 is 0. The van der Waals surface area contributed by atoms with Crippen LogP contribution >= 0.6 is 0 Å². The molecule has 0 aliphatic carbocycles. The Labute approximate surface area is 308 Å². The molecule has 53 heavy (non-hydrogen) atoms. The fourth-order valence-corrected chi connectivity index (χ4v) is 8.07. The number of fused-ring (bicyclic) bond motifs is 6. The van der Waals surface area contributed by atoms with Gasteiger partial charge >= 0.3 is 0 Å². The van der Waals surface area contributed by atoms with Crippen molar-refractivity contribution in [2.24, 2.45) is 0 Å². The first-order chi connectivity index (χ1) is 26.2. The topological polar surface area (TPSA) is 22.4 Å². The molecular weight excluding hydrogens is 645 g/mol. The summed E-state index contributed by atoms with van der Waals surface area (Å²) in [5, 5.41) is 7.13. The Morgan fingerprint density at radius 1 is 0.434 bits per heavy atom. The van der Waals surface area contributed by atoms with Crippen molar-refractivity contribution in [2.75, 3.05) is 6.61 Å². The summed E-state index contributed by atoms with van der Waals surface area (Å²) in [6.45, 7) is 4.84. The summed E-state index contributed by atoms with van der Waals surface area (Å²) < 4.78 is 12.6. The lowest BCUT2D eigenvalue weighted by Crippen LogP contribution is -1.96. The van der Waals surface area contributed by atoms with Crippen LogP contribution in [0.25, 0.3) is 93.6 Å². The van der Waals surface area contributed by atoms with Crippen LogP contribution in [0.3, 0.4) is 0 Å². The lowest BCUT2D eigenvalue weighted by Gasteiger charge is -2.20. The standard InChI is InChI=1S/C51H34O2/c1-33-14-3-2-12-31-52-47-30-29-36(32-46(33)47)34-25-27-35(28-26-34)49-40-18-6-8-20-42(40)50(43-21-9-7-19-41(43)49)39-17-5-4-15-37(39)44-22-13-23-45-38-16-10-11-24-48(38)53-51(44)45/h2-30,32H,1,31H2/b12-2-,14-3-. The smallest absolute Gasteiger partial charge is 0.143 e. The number of hydrogen-bond donors (Lipinski definition) is 0. The van der Waals surface area contributed by atoms with Gasteiger partial charge in [0.15, 0.2) is 0 Å². The second-order valence-electron chi connectivity index (χ2n) is 13.6. The Balaban J connectivity index is 1.14. The largest absolute Gasteiger partial charge is 0.489 e. The van der Waals surface area contributed by atoms with E-state index >= 15 is 0 Å². The molecule has 0 bridgehead atoms. The van der Waals surface area contributed by atoms with E-state index in [2.05, 4.69) is 158 Å². The first-order valence-electron chi connectivity index (χ1n) is 18.1. The Hall–Kier alpha value is -6.90. The molecule has 1 aliphatic heterocycles. The molecule has 0 spiro atoms. The van der Waals surface area contributed by atoms with Gasteiger partial charge in [-0.05, 0) is 90.3 Å². The third-order valence-electron chi connectivity index (χ3n) is 10.5. The molecule has 0 unspecified atom stereocenters. The van der Waals surface area contributed by atoms with Crippen LogP contribution in [0.5, 0.6) is 5.75 Å². The first-order valence-corrected chi connectivity index (χ1v) is 18.1. The monoisotopic (exact) mass is 678 g/mol. The maximum Gasteiger partial charge on any atom is 0.143 e. The highest BCUT2D eigenvalue weighted by atomic mass is 16.5. The second-order valence-corrected chi connectivity index (χ2v) is 13.6. The molecule has 0 N–H and O–H groups in total. The van der Waals surface area contributed by atoms with E-state index in [1.807, 2.05) is 30.4 Å². The Morgan fingerprint density at radius 2 is 1.02 bits per heavy atom. The van der Waals surface area contributed by atoms with Crippen LogP contribution in [0, 0.1) is 0 Å². The Bertz CT molecular complexity index is 2900. The van der Waals surface area contributed by atoms with Gasteiger partial charge in [0.1, 0.15) is 23.5 Å². The highest BCUT2D eigenvalue weighted by molar-refractivity contribution is 6.23. The molecule has 250 valence electrons. The summed E-state index contributed by atoms with van der Waals surface area (Å²) in [7, 11) is 0. The highest BCUT2D eigenvalue weighted by Gasteiger charge is 2.21. The summed E-state index contributed by atoms with van der Waals surface area (Å²) in [6, 6.07) is 56.6. The summed E-state index contributed by atoms with van der Waals surface area (Å²) in [6.07, 6.45) is 8.06. The molecule has 2 nitrogen and oxygen atoms in total. The van der Waals surface area contributed by atoms with Crippen LogP contribution in [-0.2, 0) is 0 Å². The van der Waals surface area contributed by atoms with Crippen LogP contribution in [0.2, 0.25) is 0 Å². The molecule has 8 aromatic carbocycles. The number of allylic oxidation sites excluding steroid dienone is 4. The Kier molecular flexibility index (Phi) is 7.40. The van der Waals surface area contributed by atoms with Crippen LogP contribution in [-0.4, -0.2) is 6.61 Å². The summed E-state index contributed by atoms with van der Waals surface area (Å²) in [5.74, 6) is 0.848. The first kappa shape index (κ1) is 30.9. The summed E-state index contributed by atoms with van der Waals surface area (Å²) in [4.78, 5) is 0. The molecule has 0 saturated heterocycles. The molecule has 2 heteroatoms. The SMILES string of the molecule is C=C1/C=C\C=C/COc2ccc(-c3ccc(-c4c5ccccc5c(-c5ccccc5-c5cccc6c5oc5ccccc56)c5ccccc45)cc3)cc21. The number of benzene rings is 8. The van der Waals surface area contributed by atoms with Crippen LogP contribution in [0.1, 0.15) is 5.56 Å². The average Bonchev–Trinajstić information content (AvgIpc) is 3.63. The van der Waals surface area contributed by atoms with E-state index in [1.54, 1.807) is 0 Å². The van der Waals surface area contributed by atoms with Crippen molar-refractivity contribution in [1.29, 1.82) is 0 Å². The third kappa shape index (κ3) is 5.19. The molecule has 9 aromatic rings. The van der Waals surface area contributed by atoms with Gasteiger partial charge in [-0.25, -0.2) is 0 Å². The molecule has 1 aliphatic rings. The van der Waals surface area contributed by atoms with E-state index in [0.29, 0.717) is 6.61 Å². The molecule has 2 heterocycles. The number of ether oxygens (including phenoxy) is 1. The molecule has 0 saturated carbocycles. The van der Waals surface area contributed by atoms with Crippen molar-refractivity contribution < 1.29 is 9.15 Å². The lowest BCUT2D eigenvalue weighted by atomic mass is 9.83. The van der Waals surface area contributed by atoms with Crippen molar-refractivity contribution in [3.63, 3.8) is 0 Å². The minimum Gasteiger partial charge on any atom is -0.489 e. The normalized spacial score (nSPS) is 14.1. The quantitative estimate of drug-likeness (QED) is 0.173. The fourth-order valence-electron chi connectivity index (χ4n) is 8.07. The number of furan rings is 1. The van der Waals surface area contributed by atoms with Gasteiger partial charge in [0.25, 0.3) is 0 Å². The van der Waals surface area contributed by atoms with Gasteiger partial charge in [-0.2, -0.15) is 0 Å². The van der Waals surface area contributed by atoms with Crippen LogP contribution in [0.15, 0.2) is 193 Å². The van der Waals surface area contributed by atoms with Crippen molar-refractivity contribution in [3.8, 4) is 50.3 Å². The van der Waals surface area contributed by atoms with Crippen molar-refractivity contribution in [2.45, 2.75) is 0 Å². The highest BCUT2D eigenvalue weighted by Crippen LogP contribution is 2.47. The molecule has 0 atom stereocenters. The molecular formula is C51H34O2. The van der Waals surface area contributed by atoms with Crippen molar-refractivity contribution in [3.05, 3.63) is 194 Å². The van der Waals surface area contributed by atoms with Gasteiger partial charge in [0, 0.05) is 21.9 Å². The van der Waals surface area contributed by atoms with Gasteiger partial charge in [-0.15, -0.1) is 0 Å². The van der Waals surface area contributed by atoms with Crippen LogP contribution < -0.4 is 4.74 Å². The third-order valence-corrected chi connectivity index (χ3v) is 10.5. The van der Waals surface area contributed by atoms with E-state index in [0.717, 1.165) is 61.1 Å². The van der Waals surface area contributed by atoms with Gasteiger partial charge in [-0.3, -0.25) is 0 Å². The summed E-state index contributed by atoms with van der Waals surface area (Å²) in [5.41, 5.74) is 13.1. The number of para-hydroxylation sites is 2. The maximum absolute atomic E-state index is 6.55. The van der Waals surface area contributed by atoms with E-state index in [-0.39, 0.29) is 0 Å².